The summed E-state index contributed by atoms with van der Waals surface area (Å²) in [5.74, 6) is -2.07. The van der Waals surface area contributed by atoms with Crippen molar-refractivity contribution in [1.82, 2.24) is 28.8 Å². The summed E-state index contributed by atoms with van der Waals surface area (Å²) >= 11 is 1.23. The van der Waals surface area contributed by atoms with Gasteiger partial charge in [-0.25, -0.2) is 18.5 Å². The molecule has 1 aromatic carbocycles. The van der Waals surface area contributed by atoms with E-state index in [1.54, 1.807) is 18.2 Å². The molecule has 14 nitrogen and oxygen atoms in total. The molecule has 4 heterocycles. The van der Waals surface area contributed by atoms with Crippen molar-refractivity contribution in [2.75, 3.05) is 26.7 Å². The molecule has 0 radical (unpaired) electrons. The number of aromatic nitrogens is 2. The Morgan fingerprint density at radius 1 is 1.23 bits per heavy atom. The quantitative estimate of drug-likeness (QED) is 0.247. The molecule has 5 rings (SSSR count). The maximum Gasteiger partial charge on any atom is 0.412 e. The number of thiazole rings is 1. The van der Waals surface area contributed by atoms with Crippen molar-refractivity contribution in [2.24, 2.45) is 0 Å². The molecule has 1 saturated heterocycles. The molecule has 40 heavy (non-hydrogen) atoms. The number of hydrogen-bond acceptors (Lipinski definition) is 10. The zero-order valence-corrected chi connectivity index (χ0v) is 23.2. The number of carbonyl (C=O) groups is 3. The molecule has 1 fully saturated rings. The fourth-order valence-corrected chi connectivity index (χ4v) is 7.11. The smallest absolute Gasteiger partial charge is 0.412 e. The summed E-state index contributed by atoms with van der Waals surface area (Å²) in [5.41, 5.74) is 1.16. The van der Waals surface area contributed by atoms with Gasteiger partial charge in [0.15, 0.2) is 5.01 Å². The second kappa shape index (κ2) is 10.6. The first-order valence-electron chi connectivity index (χ1n) is 12.3. The average Bonchev–Trinajstić information content (AvgIpc) is 3.56. The first-order valence-corrected chi connectivity index (χ1v) is 14.5. The zero-order valence-electron chi connectivity index (χ0n) is 21.6. The van der Waals surface area contributed by atoms with Crippen LogP contribution >= 0.6 is 11.3 Å². The van der Waals surface area contributed by atoms with Gasteiger partial charge in [0.25, 0.3) is 5.91 Å². The Hall–Kier alpha value is -3.86. The SMILES string of the molecule is COC(=O)NC(=N)c1ccc2cn(S(=O)(=O)N3CCN(C(=O)c4nc5c(s4)CNC(C)C5)C(C(=O)O)C3)cc2c1. The number of amidine groups is 1. The highest BCUT2D eigenvalue weighted by molar-refractivity contribution is 7.87. The van der Waals surface area contributed by atoms with Gasteiger partial charge in [-0.2, -0.15) is 12.7 Å². The third-order valence-corrected chi connectivity index (χ3v) is 9.69. The first kappa shape index (κ1) is 27.7. The van der Waals surface area contributed by atoms with Crippen molar-refractivity contribution in [1.29, 1.82) is 5.41 Å². The molecule has 0 spiro atoms. The minimum atomic E-state index is -4.18. The van der Waals surface area contributed by atoms with Gasteiger partial charge in [-0.1, -0.05) is 12.1 Å². The predicted octanol–water partition coefficient (Wildman–Crippen LogP) is 0.817. The Morgan fingerprint density at radius 3 is 2.70 bits per heavy atom. The van der Waals surface area contributed by atoms with E-state index in [0.29, 0.717) is 29.3 Å². The van der Waals surface area contributed by atoms with Gasteiger partial charge in [-0.3, -0.25) is 15.5 Å². The van der Waals surface area contributed by atoms with Crippen LogP contribution in [0.1, 0.15) is 32.9 Å². The van der Waals surface area contributed by atoms with Gasteiger partial charge in [0.05, 0.1) is 12.8 Å². The van der Waals surface area contributed by atoms with E-state index in [1.165, 1.54) is 35.7 Å². The number of aliphatic carboxylic acids is 1. The molecule has 16 heteroatoms. The maximum absolute atomic E-state index is 13.5. The summed E-state index contributed by atoms with van der Waals surface area (Å²) in [6.07, 6.45) is 2.59. The van der Waals surface area contributed by atoms with Crippen molar-refractivity contribution >= 4 is 56.1 Å². The molecule has 2 aliphatic heterocycles. The van der Waals surface area contributed by atoms with Gasteiger partial charge in [-0.05, 0) is 13.0 Å². The lowest BCUT2D eigenvalue weighted by Crippen LogP contribution is -2.59. The van der Waals surface area contributed by atoms with E-state index in [0.717, 1.165) is 18.8 Å². The number of carbonyl (C=O) groups excluding carboxylic acids is 2. The van der Waals surface area contributed by atoms with Crippen LogP contribution in [0, 0.1) is 5.41 Å². The molecule has 4 N–H and O–H groups in total. The number of amides is 2. The molecular weight excluding hydrogens is 562 g/mol. The average molecular weight is 590 g/mol. The summed E-state index contributed by atoms with van der Waals surface area (Å²) in [4.78, 5) is 43.5. The van der Waals surface area contributed by atoms with Gasteiger partial charge in [-0.15, -0.1) is 11.3 Å². The summed E-state index contributed by atoms with van der Waals surface area (Å²) in [6.45, 7) is 1.96. The van der Waals surface area contributed by atoms with Crippen LogP contribution in [0.15, 0.2) is 30.6 Å². The van der Waals surface area contributed by atoms with Crippen molar-refractivity contribution in [3.8, 4) is 0 Å². The molecule has 2 amide bonds. The molecule has 0 bridgehead atoms. The number of nitrogens with zero attached hydrogens (tertiary/aromatic N) is 4. The maximum atomic E-state index is 13.5. The number of carboxylic acids is 1. The van der Waals surface area contributed by atoms with E-state index in [2.05, 4.69) is 20.4 Å². The van der Waals surface area contributed by atoms with Crippen molar-refractivity contribution in [2.45, 2.75) is 32.0 Å². The molecule has 3 aromatic rings. The van der Waals surface area contributed by atoms with Gasteiger partial charge in [0, 0.05) is 72.2 Å². The standard InChI is InChI=1S/C24H27N7O7S2/c1-13-7-17-19(9-26-13)39-21(27-17)22(32)31-6-5-29(12-18(31)23(33)34)40(36,37)30-10-15-4-3-14(8-16(15)11-30)20(25)28-24(35)38-2/h3-4,8,10-11,13,18,26H,5-7,9,12H2,1-2H3,(H,33,34)(H2,25,28,35). The van der Waals surface area contributed by atoms with Crippen molar-refractivity contribution in [3.63, 3.8) is 0 Å². The monoisotopic (exact) mass is 589 g/mol. The van der Waals surface area contributed by atoms with Crippen LogP contribution in [-0.4, -0.2) is 94.3 Å². The van der Waals surface area contributed by atoms with Crippen molar-refractivity contribution < 1.29 is 32.6 Å². The third-order valence-electron chi connectivity index (χ3n) is 6.87. The van der Waals surface area contributed by atoms with Gasteiger partial charge in [0.1, 0.15) is 11.9 Å². The first-order chi connectivity index (χ1) is 19.0. The molecule has 2 unspecified atom stereocenters. The summed E-state index contributed by atoms with van der Waals surface area (Å²) in [5, 5.41) is 24.7. The Balaban J connectivity index is 1.35. The Morgan fingerprint density at radius 2 is 1.98 bits per heavy atom. The lowest BCUT2D eigenvalue weighted by atomic mass is 10.1. The molecule has 0 saturated carbocycles. The highest BCUT2D eigenvalue weighted by Crippen LogP contribution is 2.27. The van der Waals surface area contributed by atoms with Crippen molar-refractivity contribution in [3.05, 3.63) is 51.7 Å². The minimum Gasteiger partial charge on any atom is -0.480 e. The Kier molecular flexibility index (Phi) is 7.34. The topological polar surface area (TPSA) is 187 Å². The van der Waals surface area contributed by atoms with Crippen LogP contribution in [0.2, 0.25) is 0 Å². The summed E-state index contributed by atoms with van der Waals surface area (Å²) in [6, 6.07) is 3.52. The van der Waals surface area contributed by atoms with Gasteiger partial charge < -0.3 is 20.1 Å². The number of nitrogens with one attached hydrogen (secondary N) is 3. The molecule has 2 aromatic heterocycles. The lowest BCUT2D eigenvalue weighted by molar-refractivity contribution is -0.143. The van der Waals surface area contributed by atoms with E-state index in [9.17, 15) is 27.9 Å². The molecule has 2 atom stereocenters. The molecule has 2 aliphatic rings. The van der Waals surface area contributed by atoms with E-state index in [4.69, 9.17) is 5.41 Å². The Labute approximate surface area is 233 Å². The lowest BCUT2D eigenvalue weighted by Gasteiger charge is -2.38. The Bertz CT molecular complexity index is 1630. The van der Waals surface area contributed by atoms with Crippen LogP contribution in [0.25, 0.3) is 10.8 Å². The number of methoxy groups -OCH3 is 1. The summed E-state index contributed by atoms with van der Waals surface area (Å²) in [7, 11) is -3.01. The number of piperazine rings is 1. The number of hydrogen-bond donors (Lipinski definition) is 4. The number of alkyl carbamates (subject to hydrolysis) is 1. The fraction of sp³-hybridized carbons (Fsp3) is 0.375. The second-order valence-electron chi connectivity index (χ2n) is 9.52. The van der Waals surface area contributed by atoms with E-state index in [1.807, 2.05) is 6.92 Å². The third kappa shape index (κ3) is 5.17. The number of rotatable bonds is 5. The largest absolute Gasteiger partial charge is 0.480 e. The second-order valence-corrected chi connectivity index (χ2v) is 12.4. The minimum absolute atomic E-state index is 0.102. The fourth-order valence-electron chi connectivity index (χ4n) is 4.71. The highest BCUT2D eigenvalue weighted by atomic mass is 32.2. The predicted molar refractivity (Wildman–Crippen MR) is 145 cm³/mol. The number of benzene rings is 1. The molecule has 0 aliphatic carbocycles. The van der Waals surface area contributed by atoms with Crippen LogP contribution in [0.5, 0.6) is 0 Å². The normalized spacial score (nSPS) is 19.7. The van der Waals surface area contributed by atoms with Crippen LogP contribution in [0.3, 0.4) is 0 Å². The number of ether oxygens (including phenoxy) is 1. The van der Waals surface area contributed by atoms with Crippen LogP contribution in [-0.2, 0) is 32.7 Å². The molecular formula is C24H27N7O7S2. The zero-order chi connectivity index (χ0) is 28.8. The van der Waals surface area contributed by atoms with E-state index in [-0.39, 0.29) is 30.0 Å². The van der Waals surface area contributed by atoms with E-state index < -0.39 is 40.8 Å². The molecule has 212 valence electrons. The number of carboxylic acid groups (broad SMARTS) is 1. The summed E-state index contributed by atoms with van der Waals surface area (Å²) < 4.78 is 33.5. The van der Waals surface area contributed by atoms with Crippen LogP contribution in [0.4, 0.5) is 4.79 Å². The van der Waals surface area contributed by atoms with Gasteiger partial charge >= 0.3 is 22.3 Å². The highest BCUT2D eigenvalue weighted by Gasteiger charge is 2.41. The number of fused-ring (bicyclic) bond motifs is 2. The van der Waals surface area contributed by atoms with E-state index >= 15 is 0 Å². The van der Waals surface area contributed by atoms with Gasteiger partial charge in [0.2, 0.25) is 0 Å². The van der Waals surface area contributed by atoms with Crippen LogP contribution < -0.4 is 10.6 Å².